The van der Waals surface area contributed by atoms with E-state index in [2.05, 4.69) is 19.2 Å². The highest BCUT2D eigenvalue weighted by molar-refractivity contribution is 6.30. The van der Waals surface area contributed by atoms with Crippen LogP contribution in [0.25, 0.3) is 0 Å². The molecule has 116 valence electrons. The van der Waals surface area contributed by atoms with E-state index in [1.807, 2.05) is 29.2 Å². The van der Waals surface area contributed by atoms with Gasteiger partial charge in [0.15, 0.2) is 0 Å². The van der Waals surface area contributed by atoms with Crippen LogP contribution in [0.15, 0.2) is 24.3 Å². The first-order chi connectivity index (χ1) is 10.0. The molecule has 1 N–H and O–H groups in total. The van der Waals surface area contributed by atoms with Crippen LogP contribution in [0.4, 0.5) is 0 Å². The van der Waals surface area contributed by atoms with Crippen LogP contribution in [-0.2, 0) is 9.53 Å². The minimum Gasteiger partial charge on any atom is -0.383 e. The van der Waals surface area contributed by atoms with E-state index in [1.165, 1.54) is 0 Å². The normalized spacial score (nSPS) is 22.3. The van der Waals surface area contributed by atoms with Crippen molar-refractivity contribution in [3.63, 3.8) is 0 Å². The summed E-state index contributed by atoms with van der Waals surface area (Å²) in [4.78, 5) is 14.4. The molecule has 1 amide bonds. The van der Waals surface area contributed by atoms with Crippen molar-refractivity contribution in [2.75, 3.05) is 20.3 Å². The van der Waals surface area contributed by atoms with Gasteiger partial charge >= 0.3 is 0 Å². The van der Waals surface area contributed by atoms with E-state index >= 15 is 0 Å². The lowest BCUT2D eigenvalue weighted by Crippen LogP contribution is -2.34. The zero-order valence-corrected chi connectivity index (χ0v) is 13.6. The standard InChI is InChI=1S/C16H23ClN2O2/c1-11(2)10-14-16(20)19(8-9-21-3)15(18-14)12-4-6-13(17)7-5-12/h4-7,11,14-15,18H,8-10H2,1-3H3. The summed E-state index contributed by atoms with van der Waals surface area (Å²) in [5.41, 5.74) is 1.05. The molecular weight excluding hydrogens is 288 g/mol. The largest absolute Gasteiger partial charge is 0.383 e. The Hall–Kier alpha value is -1.10. The van der Waals surface area contributed by atoms with Crippen LogP contribution >= 0.6 is 11.6 Å². The fourth-order valence-corrected chi connectivity index (χ4v) is 2.80. The van der Waals surface area contributed by atoms with E-state index in [1.54, 1.807) is 7.11 Å². The molecule has 1 saturated heterocycles. The minimum absolute atomic E-state index is 0.103. The van der Waals surface area contributed by atoms with Crippen LogP contribution < -0.4 is 5.32 Å². The highest BCUT2D eigenvalue weighted by Gasteiger charge is 2.39. The molecule has 1 aliphatic heterocycles. The number of carbonyl (C=O) groups excluding carboxylic acids is 1. The number of halogens is 1. The second-order valence-corrected chi connectivity index (χ2v) is 6.26. The summed E-state index contributed by atoms with van der Waals surface area (Å²) in [6, 6.07) is 7.51. The lowest BCUT2D eigenvalue weighted by atomic mass is 10.0. The van der Waals surface area contributed by atoms with Gasteiger partial charge in [-0.15, -0.1) is 0 Å². The number of rotatable bonds is 6. The Kier molecular flexibility index (Phi) is 5.62. The summed E-state index contributed by atoms with van der Waals surface area (Å²) >= 11 is 5.94. The quantitative estimate of drug-likeness (QED) is 0.878. The highest BCUT2D eigenvalue weighted by Crippen LogP contribution is 2.28. The van der Waals surface area contributed by atoms with E-state index in [0.717, 1.165) is 12.0 Å². The molecule has 0 bridgehead atoms. The molecule has 0 radical (unpaired) electrons. The Bertz CT molecular complexity index is 476. The molecule has 2 atom stereocenters. The van der Waals surface area contributed by atoms with Gasteiger partial charge in [-0.05, 0) is 30.0 Å². The first-order valence-corrected chi connectivity index (χ1v) is 7.71. The van der Waals surface area contributed by atoms with Gasteiger partial charge in [-0.3, -0.25) is 10.1 Å². The first-order valence-electron chi connectivity index (χ1n) is 7.34. The molecule has 5 heteroatoms. The Labute approximate surface area is 131 Å². The third kappa shape index (κ3) is 3.96. The molecule has 1 aromatic carbocycles. The molecule has 1 fully saturated rings. The number of benzene rings is 1. The Morgan fingerprint density at radius 3 is 2.57 bits per heavy atom. The molecule has 1 aromatic rings. The van der Waals surface area contributed by atoms with Crippen molar-refractivity contribution in [2.24, 2.45) is 5.92 Å². The monoisotopic (exact) mass is 310 g/mol. The number of hydrogen-bond donors (Lipinski definition) is 1. The number of amides is 1. The Morgan fingerprint density at radius 2 is 2.00 bits per heavy atom. The summed E-state index contributed by atoms with van der Waals surface area (Å²) in [5.74, 6) is 0.625. The molecule has 1 heterocycles. The van der Waals surface area contributed by atoms with Crippen LogP contribution in [0.5, 0.6) is 0 Å². The number of nitrogens with one attached hydrogen (secondary N) is 1. The fourth-order valence-electron chi connectivity index (χ4n) is 2.67. The summed E-state index contributed by atoms with van der Waals surface area (Å²) in [5, 5.41) is 4.14. The van der Waals surface area contributed by atoms with Crippen LogP contribution in [0.3, 0.4) is 0 Å². The molecule has 21 heavy (non-hydrogen) atoms. The molecule has 0 aliphatic carbocycles. The number of ether oxygens (including phenoxy) is 1. The number of nitrogens with zero attached hydrogens (tertiary/aromatic N) is 1. The number of hydrogen-bond acceptors (Lipinski definition) is 3. The van der Waals surface area contributed by atoms with Gasteiger partial charge in [0.1, 0.15) is 6.17 Å². The van der Waals surface area contributed by atoms with Gasteiger partial charge in [0, 0.05) is 18.7 Å². The van der Waals surface area contributed by atoms with Gasteiger partial charge in [0.05, 0.1) is 12.6 Å². The topological polar surface area (TPSA) is 41.6 Å². The fraction of sp³-hybridized carbons (Fsp3) is 0.562. The summed E-state index contributed by atoms with van der Waals surface area (Å²) < 4.78 is 5.13. The third-order valence-electron chi connectivity index (χ3n) is 3.68. The van der Waals surface area contributed by atoms with Crippen LogP contribution in [0, 0.1) is 5.92 Å². The predicted molar refractivity (Wildman–Crippen MR) is 84.2 cm³/mol. The van der Waals surface area contributed by atoms with Crippen molar-refractivity contribution in [3.05, 3.63) is 34.9 Å². The average Bonchev–Trinajstić information content (AvgIpc) is 2.74. The molecule has 0 spiro atoms. The molecule has 0 aromatic heterocycles. The van der Waals surface area contributed by atoms with Crippen molar-refractivity contribution in [1.29, 1.82) is 0 Å². The van der Waals surface area contributed by atoms with Gasteiger partial charge < -0.3 is 9.64 Å². The molecule has 0 saturated carbocycles. The zero-order chi connectivity index (χ0) is 15.4. The van der Waals surface area contributed by atoms with Gasteiger partial charge in [-0.1, -0.05) is 37.6 Å². The maximum atomic E-state index is 12.6. The van der Waals surface area contributed by atoms with E-state index in [0.29, 0.717) is 24.1 Å². The Balaban J connectivity index is 2.19. The summed E-state index contributed by atoms with van der Waals surface area (Å²) in [7, 11) is 1.65. The molecular formula is C16H23ClN2O2. The highest BCUT2D eigenvalue weighted by atomic mass is 35.5. The zero-order valence-electron chi connectivity index (χ0n) is 12.8. The second kappa shape index (κ2) is 7.25. The first kappa shape index (κ1) is 16.3. The van der Waals surface area contributed by atoms with Crippen molar-refractivity contribution >= 4 is 17.5 Å². The maximum Gasteiger partial charge on any atom is 0.241 e. The molecule has 4 nitrogen and oxygen atoms in total. The van der Waals surface area contributed by atoms with Crippen molar-refractivity contribution < 1.29 is 9.53 Å². The molecule has 2 rings (SSSR count). The average molecular weight is 311 g/mol. The third-order valence-corrected chi connectivity index (χ3v) is 3.93. The van der Waals surface area contributed by atoms with Crippen LogP contribution in [0.2, 0.25) is 5.02 Å². The molecule has 1 aliphatic rings. The van der Waals surface area contributed by atoms with Gasteiger partial charge in [-0.2, -0.15) is 0 Å². The lowest BCUT2D eigenvalue weighted by molar-refractivity contribution is -0.131. The summed E-state index contributed by atoms with van der Waals surface area (Å²) in [6.07, 6.45) is 0.737. The van der Waals surface area contributed by atoms with E-state index in [4.69, 9.17) is 16.3 Å². The maximum absolute atomic E-state index is 12.6. The van der Waals surface area contributed by atoms with E-state index in [-0.39, 0.29) is 18.1 Å². The van der Waals surface area contributed by atoms with E-state index < -0.39 is 0 Å². The predicted octanol–water partition coefficient (Wildman–Crippen LogP) is 2.83. The van der Waals surface area contributed by atoms with Crippen LogP contribution in [0.1, 0.15) is 32.0 Å². The van der Waals surface area contributed by atoms with Gasteiger partial charge in [-0.25, -0.2) is 0 Å². The smallest absolute Gasteiger partial charge is 0.241 e. The van der Waals surface area contributed by atoms with Crippen LogP contribution in [-0.4, -0.2) is 37.1 Å². The van der Waals surface area contributed by atoms with Crippen molar-refractivity contribution in [2.45, 2.75) is 32.5 Å². The SMILES string of the molecule is COCCN1C(=O)C(CC(C)C)NC1c1ccc(Cl)cc1. The van der Waals surface area contributed by atoms with Gasteiger partial charge in [0.2, 0.25) is 5.91 Å². The second-order valence-electron chi connectivity index (χ2n) is 5.83. The molecule has 2 unspecified atom stereocenters. The van der Waals surface area contributed by atoms with Crippen molar-refractivity contribution in [3.8, 4) is 0 Å². The van der Waals surface area contributed by atoms with Crippen molar-refractivity contribution in [1.82, 2.24) is 10.2 Å². The Morgan fingerprint density at radius 1 is 1.33 bits per heavy atom. The van der Waals surface area contributed by atoms with E-state index in [9.17, 15) is 4.79 Å². The van der Waals surface area contributed by atoms with Gasteiger partial charge in [0.25, 0.3) is 0 Å². The lowest BCUT2D eigenvalue weighted by Gasteiger charge is -2.24. The minimum atomic E-state index is -0.123. The number of methoxy groups -OCH3 is 1. The number of carbonyl (C=O) groups is 1. The summed E-state index contributed by atoms with van der Waals surface area (Å²) in [6.45, 7) is 5.38.